The Morgan fingerprint density at radius 1 is 1.25 bits per heavy atom. The van der Waals surface area contributed by atoms with Crippen LogP contribution in [0.3, 0.4) is 0 Å². The molecule has 0 aromatic carbocycles. The Morgan fingerprint density at radius 3 is 2.12 bits per heavy atom. The molecule has 0 saturated carbocycles. The number of carbonyl (C=O) groups is 1. The monoisotopic (exact) mass is 255 g/mol. The van der Waals surface area contributed by atoms with Gasteiger partial charge in [-0.25, -0.2) is 0 Å². The molecular weight excluding hydrogens is 235 g/mol. The molecule has 6 heteroatoms. The van der Waals surface area contributed by atoms with Crippen LogP contribution >= 0.6 is 0 Å². The molecule has 0 aromatic heterocycles. The van der Waals surface area contributed by atoms with E-state index in [4.69, 9.17) is 0 Å². The van der Waals surface area contributed by atoms with Crippen molar-refractivity contribution >= 4 is 14.1 Å². The standard InChI is InChI=1S/C10H20F3NOSi/c1-5-6-7-8-16(3,4)14(2)9(15)10(11,12)13/h5-8H2,1-4H3. The first-order valence-corrected chi connectivity index (χ1v) is 8.63. The summed E-state index contributed by atoms with van der Waals surface area (Å²) in [5.74, 6) is -1.71. The molecule has 96 valence electrons. The Morgan fingerprint density at radius 2 is 1.75 bits per heavy atom. The molecule has 0 unspecified atom stereocenters. The van der Waals surface area contributed by atoms with Gasteiger partial charge in [0.25, 0.3) is 0 Å². The van der Waals surface area contributed by atoms with Crippen molar-refractivity contribution in [1.29, 1.82) is 0 Å². The lowest BCUT2D eigenvalue weighted by atomic mass is 10.3. The van der Waals surface area contributed by atoms with Crippen molar-refractivity contribution in [3.8, 4) is 0 Å². The Balaban J connectivity index is 4.45. The van der Waals surface area contributed by atoms with Gasteiger partial charge in [0.15, 0.2) is 8.24 Å². The average Bonchev–Trinajstić information content (AvgIpc) is 2.14. The second-order valence-electron chi connectivity index (χ2n) is 4.63. The number of hydrogen-bond donors (Lipinski definition) is 0. The summed E-state index contributed by atoms with van der Waals surface area (Å²) < 4.78 is 37.7. The predicted molar refractivity (Wildman–Crippen MR) is 60.6 cm³/mol. The van der Waals surface area contributed by atoms with E-state index in [2.05, 4.69) is 0 Å². The second kappa shape index (κ2) is 5.70. The molecule has 0 bridgehead atoms. The normalized spacial score (nSPS) is 12.7. The van der Waals surface area contributed by atoms with Crippen LogP contribution in [-0.4, -0.2) is 31.9 Å². The maximum absolute atomic E-state index is 12.2. The highest BCUT2D eigenvalue weighted by Gasteiger charge is 2.45. The van der Waals surface area contributed by atoms with Gasteiger partial charge >= 0.3 is 12.1 Å². The van der Waals surface area contributed by atoms with Gasteiger partial charge in [-0.05, 0) is 6.04 Å². The number of nitrogens with zero attached hydrogens (tertiary/aromatic N) is 1. The third kappa shape index (κ3) is 4.55. The highest BCUT2D eigenvalue weighted by atomic mass is 28.3. The van der Waals surface area contributed by atoms with Crippen molar-refractivity contribution < 1.29 is 18.0 Å². The maximum atomic E-state index is 12.2. The Kier molecular flexibility index (Phi) is 5.51. The number of rotatable bonds is 5. The van der Waals surface area contributed by atoms with Gasteiger partial charge in [0, 0.05) is 7.05 Å². The topological polar surface area (TPSA) is 20.3 Å². The van der Waals surface area contributed by atoms with Crippen molar-refractivity contribution in [3.63, 3.8) is 0 Å². The number of hydrogen-bond acceptors (Lipinski definition) is 1. The van der Waals surface area contributed by atoms with Gasteiger partial charge in [0.05, 0.1) is 0 Å². The van der Waals surface area contributed by atoms with Crippen molar-refractivity contribution in [2.75, 3.05) is 7.05 Å². The molecule has 0 radical (unpaired) electrons. The molecule has 0 aromatic rings. The molecule has 16 heavy (non-hydrogen) atoms. The highest BCUT2D eigenvalue weighted by molar-refractivity contribution is 6.76. The molecule has 1 amide bonds. The molecule has 0 heterocycles. The molecule has 0 aliphatic rings. The summed E-state index contributed by atoms with van der Waals surface area (Å²) in [5.41, 5.74) is 0. The lowest BCUT2D eigenvalue weighted by Gasteiger charge is -2.34. The minimum Gasteiger partial charge on any atom is -0.365 e. The summed E-state index contributed by atoms with van der Waals surface area (Å²) in [5, 5.41) is 0. The number of carbonyl (C=O) groups excluding carboxylic acids is 1. The lowest BCUT2D eigenvalue weighted by molar-refractivity contribution is -0.179. The van der Waals surface area contributed by atoms with Crippen molar-refractivity contribution in [2.24, 2.45) is 0 Å². The van der Waals surface area contributed by atoms with E-state index in [1.807, 2.05) is 6.92 Å². The van der Waals surface area contributed by atoms with E-state index in [-0.39, 0.29) is 0 Å². The van der Waals surface area contributed by atoms with E-state index in [1.165, 1.54) is 7.05 Å². The predicted octanol–water partition coefficient (Wildman–Crippen LogP) is 3.40. The largest absolute Gasteiger partial charge is 0.470 e. The van der Waals surface area contributed by atoms with Gasteiger partial charge in [-0.1, -0.05) is 39.3 Å². The van der Waals surface area contributed by atoms with Gasteiger partial charge in [-0.2, -0.15) is 13.2 Å². The quantitative estimate of drug-likeness (QED) is 0.544. The first-order valence-electron chi connectivity index (χ1n) is 5.48. The third-order valence-electron chi connectivity index (χ3n) is 2.85. The van der Waals surface area contributed by atoms with Crippen molar-refractivity contribution in [3.05, 3.63) is 0 Å². The highest BCUT2D eigenvalue weighted by Crippen LogP contribution is 2.24. The van der Waals surface area contributed by atoms with Crippen molar-refractivity contribution in [1.82, 2.24) is 4.57 Å². The average molecular weight is 255 g/mol. The smallest absolute Gasteiger partial charge is 0.365 e. The molecule has 0 aliphatic heterocycles. The summed E-state index contributed by atoms with van der Waals surface area (Å²) in [6, 6.07) is 0.721. The van der Waals surface area contributed by atoms with Gasteiger partial charge in [-0.15, -0.1) is 0 Å². The van der Waals surface area contributed by atoms with Gasteiger partial charge in [-0.3, -0.25) is 4.79 Å². The SMILES string of the molecule is CCCCC[Si](C)(C)N(C)C(=O)C(F)(F)F. The maximum Gasteiger partial charge on any atom is 0.470 e. The summed E-state index contributed by atoms with van der Waals surface area (Å²) >= 11 is 0. The van der Waals surface area contributed by atoms with Crippen LogP contribution in [-0.2, 0) is 4.79 Å². The van der Waals surface area contributed by atoms with Crippen molar-refractivity contribution in [2.45, 2.75) is 51.5 Å². The molecule has 0 aliphatic carbocycles. The Bertz CT molecular complexity index is 241. The van der Waals surface area contributed by atoms with Gasteiger partial charge < -0.3 is 4.57 Å². The molecule has 0 atom stereocenters. The first-order chi connectivity index (χ1) is 7.13. The summed E-state index contributed by atoms with van der Waals surface area (Å²) in [6.45, 7) is 5.64. The fourth-order valence-electron chi connectivity index (χ4n) is 1.44. The zero-order chi connectivity index (χ0) is 13.0. The number of halogens is 3. The fraction of sp³-hybridized carbons (Fsp3) is 0.900. The fourth-order valence-corrected chi connectivity index (χ4v) is 3.57. The molecule has 2 nitrogen and oxygen atoms in total. The van der Waals surface area contributed by atoms with Crippen LogP contribution in [0.5, 0.6) is 0 Å². The first kappa shape index (κ1) is 15.5. The molecule has 0 spiro atoms. The van der Waals surface area contributed by atoms with Crippen LogP contribution in [0.2, 0.25) is 19.1 Å². The molecular formula is C10H20F3NOSi. The summed E-state index contributed by atoms with van der Waals surface area (Å²) in [6.07, 6.45) is -1.82. The van der Waals surface area contributed by atoms with Crippen LogP contribution < -0.4 is 0 Å². The van der Waals surface area contributed by atoms with Crippen LogP contribution in [0, 0.1) is 0 Å². The second-order valence-corrected chi connectivity index (χ2v) is 9.43. The summed E-state index contributed by atoms with van der Waals surface area (Å²) in [4.78, 5) is 11.1. The van der Waals surface area contributed by atoms with Crippen LogP contribution in [0.25, 0.3) is 0 Å². The molecule has 0 N–H and O–H groups in total. The minimum absolute atomic E-state index is 0.721. The molecule has 0 fully saturated rings. The zero-order valence-electron chi connectivity index (χ0n) is 10.3. The Labute approximate surface area is 95.9 Å². The minimum atomic E-state index is -4.75. The van der Waals surface area contributed by atoms with Crippen LogP contribution in [0.15, 0.2) is 0 Å². The molecule has 0 saturated heterocycles. The molecule has 0 rings (SSSR count). The zero-order valence-corrected chi connectivity index (χ0v) is 11.3. The third-order valence-corrected chi connectivity index (χ3v) is 6.44. The van der Waals surface area contributed by atoms with Gasteiger partial charge in [0.2, 0.25) is 0 Å². The number of unbranched alkanes of at least 4 members (excludes halogenated alkanes) is 2. The number of alkyl halides is 3. The summed E-state index contributed by atoms with van der Waals surface area (Å²) in [7, 11) is -0.981. The van der Waals surface area contributed by atoms with E-state index in [9.17, 15) is 18.0 Å². The van der Waals surface area contributed by atoms with E-state index in [0.29, 0.717) is 0 Å². The van der Waals surface area contributed by atoms with E-state index < -0.39 is 20.3 Å². The number of amides is 1. The van der Waals surface area contributed by atoms with E-state index in [0.717, 1.165) is 29.9 Å². The lowest BCUT2D eigenvalue weighted by Crippen LogP contribution is -2.53. The van der Waals surface area contributed by atoms with Crippen LogP contribution in [0.1, 0.15) is 26.2 Å². The van der Waals surface area contributed by atoms with Gasteiger partial charge in [0.1, 0.15) is 0 Å². The Hall–Kier alpha value is -0.523. The van der Waals surface area contributed by atoms with E-state index >= 15 is 0 Å². The van der Waals surface area contributed by atoms with E-state index in [1.54, 1.807) is 13.1 Å². The van der Waals surface area contributed by atoms with Crippen LogP contribution in [0.4, 0.5) is 13.2 Å².